The number of sulfonamides is 1. The number of alkyl carbamates (subject to hydrolysis) is 1. The number of carbonyl (C=O) groups excluding carboxylic acids is 1. The Morgan fingerprint density at radius 3 is 2.48 bits per heavy atom. The number of hydrogen-bond donors (Lipinski definition) is 4. The standard InChI is InChI=1S/C30H43N2O12PS/c1-30(2,14-16-41-20-45(35,36)37)32(46(38,39)23-11-9-22(40-3)10-12-23)18-26(33)25(17-21-7-5-4-6-8-21)31-29(34)44-27-19-43-28-24(27)13-15-42-28/h4-12,24-28,33H,13-20H2,1-3H3,(H,31,34)(H2,35,36,37)/t24-,25-,26+,27?,28+/m0/s1. The molecule has 2 fully saturated rings. The van der Waals surface area contributed by atoms with E-state index in [4.69, 9.17) is 33.5 Å². The number of ether oxygens (including phenoxy) is 5. The van der Waals surface area contributed by atoms with Crippen molar-refractivity contribution in [3.8, 4) is 5.75 Å². The molecule has 0 radical (unpaired) electrons. The molecule has 0 saturated carbocycles. The van der Waals surface area contributed by atoms with E-state index in [0.29, 0.717) is 18.8 Å². The fourth-order valence-corrected chi connectivity index (χ4v) is 7.69. The van der Waals surface area contributed by atoms with Crippen LogP contribution >= 0.6 is 7.60 Å². The van der Waals surface area contributed by atoms with E-state index in [1.54, 1.807) is 13.8 Å². The Hall–Kier alpha value is -2.59. The molecular weight excluding hydrogens is 643 g/mol. The van der Waals surface area contributed by atoms with Crippen molar-refractivity contribution in [3.63, 3.8) is 0 Å². The second-order valence-corrected chi connectivity index (χ2v) is 15.4. The van der Waals surface area contributed by atoms with Gasteiger partial charge >= 0.3 is 13.7 Å². The maximum atomic E-state index is 14.1. The number of methoxy groups -OCH3 is 1. The van der Waals surface area contributed by atoms with Crippen molar-refractivity contribution < 1.29 is 56.4 Å². The van der Waals surface area contributed by atoms with Crippen LogP contribution in [0.25, 0.3) is 0 Å². The molecule has 0 spiro atoms. The Morgan fingerprint density at radius 1 is 1.13 bits per heavy atom. The van der Waals surface area contributed by atoms with Gasteiger partial charge in [0.2, 0.25) is 10.0 Å². The first-order valence-corrected chi connectivity index (χ1v) is 18.1. The molecule has 0 aromatic heterocycles. The molecule has 2 aliphatic rings. The Kier molecular flexibility index (Phi) is 12.2. The fourth-order valence-electron chi connectivity index (χ4n) is 5.49. The lowest BCUT2D eigenvalue weighted by atomic mass is 9.98. The van der Waals surface area contributed by atoms with Crippen molar-refractivity contribution >= 4 is 23.7 Å². The number of hydrogen-bond acceptors (Lipinski definition) is 10. The second-order valence-electron chi connectivity index (χ2n) is 12.0. The number of β-amino-alcohol motifs (C(OH)–C–C–N with tert-alkyl or cyclic N) is 1. The minimum absolute atomic E-state index is 0.0280. The predicted molar refractivity (Wildman–Crippen MR) is 166 cm³/mol. The number of benzene rings is 2. The Morgan fingerprint density at radius 2 is 1.83 bits per heavy atom. The number of aliphatic hydroxyl groups excluding tert-OH is 1. The molecule has 5 atom stereocenters. The lowest BCUT2D eigenvalue weighted by Crippen LogP contribution is -2.56. The van der Waals surface area contributed by atoms with Gasteiger partial charge in [0.1, 0.15) is 18.2 Å². The van der Waals surface area contributed by atoms with E-state index >= 15 is 0 Å². The van der Waals surface area contributed by atoms with Gasteiger partial charge in [-0.1, -0.05) is 30.3 Å². The van der Waals surface area contributed by atoms with Crippen LogP contribution in [0.4, 0.5) is 4.79 Å². The van der Waals surface area contributed by atoms with Gasteiger partial charge in [0.05, 0.1) is 43.3 Å². The smallest absolute Gasteiger partial charge is 0.407 e. The minimum Gasteiger partial charge on any atom is -0.497 e. The largest absolute Gasteiger partial charge is 0.497 e. The normalized spacial score (nSPS) is 21.5. The summed E-state index contributed by atoms with van der Waals surface area (Å²) in [5.41, 5.74) is -0.430. The van der Waals surface area contributed by atoms with Gasteiger partial charge in [-0.15, -0.1) is 0 Å². The maximum absolute atomic E-state index is 14.1. The summed E-state index contributed by atoms with van der Waals surface area (Å²) >= 11 is 0. The third kappa shape index (κ3) is 9.72. The highest BCUT2D eigenvalue weighted by Gasteiger charge is 2.44. The number of rotatable bonds is 16. The molecular formula is C30H43N2O12PS. The van der Waals surface area contributed by atoms with Crippen molar-refractivity contribution in [2.75, 3.05) is 39.8 Å². The molecule has 2 heterocycles. The Labute approximate surface area is 269 Å². The van der Waals surface area contributed by atoms with E-state index < -0.39 is 66.7 Å². The number of amides is 1. The predicted octanol–water partition coefficient (Wildman–Crippen LogP) is 2.47. The van der Waals surface area contributed by atoms with Gasteiger partial charge in [0.15, 0.2) is 6.29 Å². The minimum atomic E-state index is -4.43. The third-order valence-electron chi connectivity index (χ3n) is 8.10. The molecule has 4 rings (SSSR count). The molecule has 2 aromatic carbocycles. The van der Waals surface area contributed by atoms with Gasteiger partial charge in [-0.3, -0.25) is 4.57 Å². The van der Waals surface area contributed by atoms with E-state index in [2.05, 4.69) is 5.32 Å². The summed E-state index contributed by atoms with van der Waals surface area (Å²) in [5, 5.41) is 14.4. The zero-order chi connectivity index (χ0) is 33.5. The molecule has 256 valence electrons. The summed E-state index contributed by atoms with van der Waals surface area (Å²) in [4.78, 5) is 31.4. The summed E-state index contributed by atoms with van der Waals surface area (Å²) < 4.78 is 67.7. The van der Waals surface area contributed by atoms with Crippen molar-refractivity contribution in [1.29, 1.82) is 0 Å². The highest BCUT2D eigenvalue weighted by Crippen LogP contribution is 2.35. The number of nitrogens with zero attached hydrogens (tertiary/aromatic N) is 1. The van der Waals surface area contributed by atoms with Crippen LogP contribution in [-0.4, -0.2) is 104 Å². The van der Waals surface area contributed by atoms with Crippen LogP contribution < -0.4 is 10.1 Å². The van der Waals surface area contributed by atoms with Gasteiger partial charge in [0, 0.05) is 18.7 Å². The van der Waals surface area contributed by atoms with Gasteiger partial charge in [-0.25, -0.2) is 13.2 Å². The van der Waals surface area contributed by atoms with Crippen LogP contribution in [0.2, 0.25) is 0 Å². The zero-order valence-corrected chi connectivity index (χ0v) is 27.8. The molecule has 14 nitrogen and oxygen atoms in total. The average Bonchev–Trinajstić information content (AvgIpc) is 3.63. The number of carbonyl (C=O) groups is 1. The SMILES string of the molecule is COc1ccc(S(=O)(=O)N(C[C@@H](O)[C@H](Cc2ccccc2)NC(=O)OC2CO[C@H]3OCC[C@@H]23)C(C)(C)CCOCP(=O)(O)O)cc1. The Balaban J connectivity index is 1.58. The lowest BCUT2D eigenvalue weighted by Gasteiger charge is -2.40. The second kappa shape index (κ2) is 15.5. The van der Waals surface area contributed by atoms with E-state index in [0.717, 1.165) is 9.87 Å². The van der Waals surface area contributed by atoms with Gasteiger partial charge in [0.25, 0.3) is 0 Å². The third-order valence-corrected chi connectivity index (χ3v) is 10.7. The van der Waals surface area contributed by atoms with E-state index in [1.165, 1.54) is 31.4 Å². The summed E-state index contributed by atoms with van der Waals surface area (Å²) in [6, 6.07) is 13.9. The lowest BCUT2D eigenvalue weighted by molar-refractivity contribution is -0.0907. The molecule has 1 unspecified atom stereocenters. The molecule has 2 saturated heterocycles. The van der Waals surface area contributed by atoms with Crippen molar-refractivity contribution in [2.45, 2.75) is 68.1 Å². The summed E-state index contributed by atoms with van der Waals surface area (Å²) in [5.74, 6) is 0.353. The molecule has 2 aliphatic heterocycles. The van der Waals surface area contributed by atoms with Crippen molar-refractivity contribution in [1.82, 2.24) is 9.62 Å². The highest BCUT2D eigenvalue weighted by atomic mass is 32.2. The maximum Gasteiger partial charge on any atom is 0.407 e. The topological polar surface area (TPSA) is 190 Å². The molecule has 2 aromatic rings. The van der Waals surface area contributed by atoms with Crippen molar-refractivity contribution in [3.05, 3.63) is 60.2 Å². The average molecular weight is 687 g/mol. The van der Waals surface area contributed by atoms with E-state index in [1.807, 2.05) is 30.3 Å². The molecule has 0 bridgehead atoms. The zero-order valence-electron chi connectivity index (χ0n) is 26.1. The van der Waals surface area contributed by atoms with Crippen LogP contribution in [0, 0.1) is 5.92 Å². The number of aliphatic hydroxyl groups is 1. The molecule has 46 heavy (non-hydrogen) atoms. The highest BCUT2D eigenvalue weighted by molar-refractivity contribution is 7.89. The summed E-state index contributed by atoms with van der Waals surface area (Å²) in [6.07, 6.45) is -3.09. The first-order chi connectivity index (χ1) is 21.7. The quantitative estimate of drug-likeness (QED) is 0.149. The first-order valence-electron chi connectivity index (χ1n) is 14.9. The molecule has 0 aliphatic carbocycles. The number of fused-ring (bicyclic) bond motifs is 1. The first kappa shape index (κ1) is 36.2. The van der Waals surface area contributed by atoms with Crippen molar-refractivity contribution in [2.24, 2.45) is 5.92 Å². The van der Waals surface area contributed by atoms with Crippen LogP contribution in [0.15, 0.2) is 59.5 Å². The van der Waals surface area contributed by atoms with E-state index in [9.17, 15) is 22.9 Å². The Bertz CT molecular complexity index is 1440. The number of nitrogens with one attached hydrogen (secondary N) is 1. The van der Waals surface area contributed by atoms with Crippen LogP contribution in [0.1, 0.15) is 32.3 Å². The summed E-state index contributed by atoms with van der Waals surface area (Å²) in [7, 11) is -7.25. The van der Waals surface area contributed by atoms with Crippen LogP contribution in [0.3, 0.4) is 0 Å². The van der Waals surface area contributed by atoms with Gasteiger partial charge in [-0.2, -0.15) is 4.31 Å². The summed E-state index contributed by atoms with van der Waals surface area (Å²) in [6.45, 7) is 3.32. The van der Waals surface area contributed by atoms with Gasteiger partial charge in [-0.05, 0) is 62.9 Å². The molecule has 16 heteroatoms. The van der Waals surface area contributed by atoms with Gasteiger partial charge < -0.3 is 43.9 Å². The monoisotopic (exact) mass is 686 g/mol. The van der Waals surface area contributed by atoms with Crippen LogP contribution in [0.5, 0.6) is 5.75 Å². The molecule has 4 N–H and O–H groups in total. The fraction of sp³-hybridized carbons (Fsp3) is 0.567. The van der Waals surface area contributed by atoms with E-state index in [-0.39, 0.29) is 36.9 Å². The molecule has 1 amide bonds. The van der Waals surface area contributed by atoms with Crippen LogP contribution in [-0.2, 0) is 40.0 Å².